The fourth-order valence-corrected chi connectivity index (χ4v) is 4.04. The lowest BCUT2D eigenvalue weighted by molar-refractivity contribution is -0.131. The number of aromatic nitrogens is 2. The van der Waals surface area contributed by atoms with E-state index in [1.54, 1.807) is 0 Å². The highest BCUT2D eigenvalue weighted by molar-refractivity contribution is 5.85. The molecule has 2 fully saturated rings. The molecule has 0 saturated carbocycles. The predicted octanol–water partition coefficient (Wildman–Crippen LogP) is 2.27. The number of likely N-dealkylation sites (tertiary alicyclic amines) is 1. The number of aryl methyl sites for hydroxylation is 2. The Morgan fingerprint density at radius 2 is 1.75 bits per heavy atom. The van der Waals surface area contributed by atoms with Crippen LogP contribution in [0.1, 0.15) is 36.2 Å². The van der Waals surface area contributed by atoms with E-state index in [1.165, 1.54) is 11.3 Å². The van der Waals surface area contributed by atoms with Gasteiger partial charge in [-0.15, -0.1) is 24.8 Å². The second-order valence-electron chi connectivity index (χ2n) is 6.91. The minimum Gasteiger partial charge on any atom is -0.343 e. The smallest absolute Gasteiger partial charge is 0.222 e. The van der Waals surface area contributed by atoms with Crippen molar-refractivity contribution in [2.24, 2.45) is 18.9 Å². The second kappa shape index (κ2) is 9.07. The zero-order valence-corrected chi connectivity index (χ0v) is 16.5. The molecule has 1 aromatic heterocycles. The first kappa shape index (κ1) is 21.3. The highest BCUT2D eigenvalue weighted by Crippen LogP contribution is 2.27. The topological polar surface area (TPSA) is 50.2 Å². The average molecular weight is 377 g/mol. The highest BCUT2D eigenvalue weighted by atomic mass is 35.5. The van der Waals surface area contributed by atoms with Crippen LogP contribution in [-0.2, 0) is 18.3 Å². The molecule has 24 heavy (non-hydrogen) atoms. The van der Waals surface area contributed by atoms with Crippen molar-refractivity contribution < 1.29 is 4.79 Å². The third kappa shape index (κ3) is 4.44. The second-order valence-corrected chi connectivity index (χ2v) is 6.91. The normalized spacial score (nSPS) is 23.0. The van der Waals surface area contributed by atoms with Crippen LogP contribution >= 0.6 is 24.8 Å². The first-order valence-corrected chi connectivity index (χ1v) is 8.54. The van der Waals surface area contributed by atoms with Gasteiger partial charge in [-0.25, -0.2) is 0 Å². The van der Waals surface area contributed by atoms with Crippen molar-refractivity contribution in [3.8, 4) is 0 Å². The zero-order valence-electron chi connectivity index (χ0n) is 14.9. The maximum atomic E-state index is 12.6. The van der Waals surface area contributed by atoms with Gasteiger partial charge in [-0.2, -0.15) is 5.10 Å². The Bertz CT molecular complexity index is 547. The Hall–Kier alpha value is -0.780. The van der Waals surface area contributed by atoms with Crippen LogP contribution < -0.4 is 5.32 Å². The molecule has 0 bridgehead atoms. The van der Waals surface area contributed by atoms with Gasteiger partial charge in [0.1, 0.15) is 0 Å². The minimum absolute atomic E-state index is 0. The van der Waals surface area contributed by atoms with Crippen molar-refractivity contribution in [3.63, 3.8) is 0 Å². The SMILES string of the molecule is Cc1nn(C)c(C)c1CCC(=O)N1CC[C@@H]2CNC[C@@H]2CC1.Cl.Cl. The molecule has 0 unspecified atom stereocenters. The van der Waals surface area contributed by atoms with Crippen LogP contribution in [0.25, 0.3) is 0 Å². The van der Waals surface area contributed by atoms with Gasteiger partial charge in [0, 0.05) is 32.3 Å². The largest absolute Gasteiger partial charge is 0.343 e. The summed E-state index contributed by atoms with van der Waals surface area (Å²) >= 11 is 0. The molecule has 0 spiro atoms. The zero-order chi connectivity index (χ0) is 15.7. The molecule has 0 aliphatic carbocycles. The molecule has 1 amide bonds. The van der Waals surface area contributed by atoms with Gasteiger partial charge in [0.15, 0.2) is 0 Å². The van der Waals surface area contributed by atoms with E-state index in [2.05, 4.69) is 22.2 Å². The van der Waals surface area contributed by atoms with Crippen LogP contribution in [0.4, 0.5) is 0 Å². The van der Waals surface area contributed by atoms with E-state index in [1.807, 2.05) is 18.7 Å². The van der Waals surface area contributed by atoms with Crippen LogP contribution in [-0.4, -0.2) is 46.8 Å². The van der Waals surface area contributed by atoms with E-state index in [4.69, 9.17) is 0 Å². The first-order chi connectivity index (χ1) is 10.6. The number of carbonyl (C=O) groups excluding carboxylic acids is 1. The van der Waals surface area contributed by atoms with Gasteiger partial charge >= 0.3 is 0 Å². The van der Waals surface area contributed by atoms with Crippen molar-refractivity contribution >= 4 is 30.7 Å². The fourth-order valence-electron chi connectivity index (χ4n) is 4.04. The summed E-state index contributed by atoms with van der Waals surface area (Å²) in [6.07, 6.45) is 3.75. The Morgan fingerprint density at radius 1 is 1.17 bits per heavy atom. The molecule has 5 nitrogen and oxygen atoms in total. The molecule has 0 aromatic carbocycles. The van der Waals surface area contributed by atoms with Crippen LogP contribution in [0.5, 0.6) is 0 Å². The van der Waals surface area contributed by atoms with Gasteiger partial charge < -0.3 is 10.2 Å². The van der Waals surface area contributed by atoms with Crippen LogP contribution in [0.2, 0.25) is 0 Å². The lowest BCUT2D eigenvalue weighted by Crippen LogP contribution is -2.33. The van der Waals surface area contributed by atoms with Crippen molar-refractivity contribution in [1.82, 2.24) is 20.0 Å². The molecule has 0 radical (unpaired) electrons. The van der Waals surface area contributed by atoms with E-state index in [0.717, 1.165) is 63.0 Å². The number of nitrogens with one attached hydrogen (secondary N) is 1. The number of hydrogen-bond acceptors (Lipinski definition) is 3. The van der Waals surface area contributed by atoms with E-state index in [9.17, 15) is 4.79 Å². The molecule has 138 valence electrons. The fraction of sp³-hybridized carbons (Fsp3) is 0.765. The summed E-state index contributed by atoms with van der Waals surface area (Å²) < 4.78 is 1.91. The van der Waals surface area contributed by atoms with Gasteiger partial charge in [0.05, 0.1) is 5.69 Å². The maximum absolute atomic E-state index is 12.6. The molecular weight excluding hydrogens is 347 g/mol. The highest BCUT2D eigenvalue weighted by Gasteiger charge is 2.31. The first-order valence-electron chi connectivity index (χ1n) is 8.54. The van der Waals surface area contributed by atoms with Crippen molar-refractivity contribution in [3.05, 3.63) is 17.0 Å². The quantitative estimate of drug-likeness (QED) is 0.879. The Morgan fingerprint density at radius 3 is 2.25 bits per heavy atom. The van der Waals surface area contributed by atoms with E-state index in [-0.39, 0.29) is 24.8 Å². The number of amides is 1. The number of nitrogens with zero attached hydrogens (tertiary/aromatic N) is 3. The average Bonchev–Trinajstić information content (AvgIpc) is 2.96. The van der Waals surface area contributed by atoms with E-state index >= 15 is 0 Å². The number of halogens is 2. The van der Waals surface area contributed by atoms with Crippen molar-refractivity contribution in [2.75, 3.05) is 26.2 Å². The molecule has 2 aliphatic rings. The minimum atomic E-state index is 0. The van der Waals surface area contributed by atoms with Crippen molar-refractivity contribution in [2.45, 2.75) is 39.5 Å². The third-order valence-electron chi connectivity index (χ3n) is 5.62. The van der Waals surface area contributed by atoms with Gasteiger partial charge in [0.2, 0.25) is 5.91 Å². The Balaban J connectivity index is 0.00000144. The summed E-state index contributed by atoms with van der Waals surface area (Å²) in [6, 6.07) is 0. The molecule has 1 aromatic rings. The molecule has 2 saturated heterocycles. The lowest BCUT2D eigenvalue weighted by atomic mass is 9.92. The third-order valence-corrected chi connectivity index (χ3v) is 5.62. The van der Waals surface area contributed by atoms with Crippen LogP contribution in [0, 0.1) is 25.7 Å². The maximum Gasteiger partial charge on any atom is 0.222 e. The number of fused-ring (bicyclic) bond motifs is 1. The Kier molecular flexibility index (Phi) is 8.03. The van der Waals surface area contributed by atoms with Gasteiger partial charge in [-0.05, 0) is 63.6 Å². The number of rotatable bonds is 3. The summed E-state index contributed by atoms with van der Waals surface area (Å²) in [5.41, 5.74) is 3.48. The summed E-state index contributed by atoms with van der Waals surface area (Å²) in [6.45, 7) is 8.27. The van der Waals surface area contributed by atoms with Gasteiger partial charge in [-0.1, -0.05) is 0 Å². The molecule has 3 heterocycles. The summed E-state index contributed by atoms with van der Waals surface area (Å²) in [5, 5.41) is 7.92. The molecule has 2 aliphatic heterocycles. The monoisotopic (exact) mass is 376 g/mol. The molecular formula is C17H30Cl2N4O. The van der Waals surface area contributed by atoms with Crippen molar-refractivity contribution in [1.29, 1.82) is 0 Å². The molecule has 1 N–H and O–H groups in total. The molecule has 2 atom stereocenters. The van der Waals surface area contributed by atoms with Crippen LogP contribution in [0.15, 0.2) is 0 Å². The summed E-state index contributed by atoms with van der Waals surface area (Å²) in [4.78, 5) is 14.7. The molecule has 7 heteroatoms. The summed E-state index contributed by atoms with van der Waals surface area (Å²) in [5.74, 6) is 1.87. The Labute approximate surface area is 157 Å². The molecule has 3 rings (SSSR count). The number of hydrogen-bond donors (Lipinski definition) is 1. The van der Waals surface area contributed by atoms with E-state index < -0.39 is 0 Å². The predicted molar refractivity (Wildman–Crippen MR) is 101 cm³/mol. The van der Waals surface area contributed by atoms with Gasteiger partial charge in [-0.3, -0.25) is 9.48 Å². The summed E-state index contributed by atoms with van der Waals surface area (Å²) in [7, 11) is 1.97. The standard InChI is InChI=1S/C17H28N4O.2ClH/c1-12-16(13(2)20(3)19-12)4-5-17(22)21-8-6-14-10-18-11-15(14)7-9-21;;/h14-15,18H,4-11H2,1-3H3;2*1H/t14-,15+;;. The van der Waals surface area contributed by atoms with E-state index in [0.29, 0.717) is 12.3 Å². The van der Waals surface area contributed by atoms with Gasteiger partial charge in [0.25, 0.3) is 0 Å². The number of carbonyl (C=O) groups is 1. The lowest BCUT2D eigenvalue weighted by Gasteiger charge is -2.21. The van der Waals surface area contributed by atoms with Crippen LogP contribution in [0.3, 0.4) is 0 Å².